The molecule has 4 amide bonds. The molecule has 6 atom stereocenters. The molecule has 0 bridgehead atoms. The van der Waals surface area contributed by atoms with Crippen LogP contribution in [0.4, 0.5) is 22.7 Å². The number of nitrogens with zero attached hydrogens (tertiary/aromatic N) is 5. The lowest BCUT2D eigenvalue weighted by Crippen LogP contribution is -2.61. The number of aliphatic carboxylic acids is 2. The number of aliphatic hydroxyl groups excluding tert-OH is 1. The molecule has 352 valence electrons. The van der Waals surface area contributed by atoms with Crippen molar-refractivity contribution in [2.24, 2.45) is 21.7 Å². The van der Waals surface area contributed by atoms with Gasteiger partial charge in [0.25, 0.3) is 5.69 Å². The van der Waals surface area contributed by atoms with Crippen LogP contribution in [0.5, 0.6) is 0 Å². The fourth-order valence-corrected chi connectivity index (χ4v) is 6.02. The molecule has 0 aliphatic carbocycles. The Labute approximate surface area is 371 Å². The number of non-ortho nitro benzene ring substituents is 1. The number of azo groups is 1. The van der Waals surface area contributed by atoms with E-state index in [2.05, 4.69) is 41.5 Å². The number of aromatic amines is 1. The maximum absolute atomic E-state index is 13.5. The monoisotopic (exact) mass is 910 g/mol. The Balaban J connectivity index is 1.65. The highest BCUT2D eigenvalue weighted by molar-refractivity contribution is 5.97. The van der Waals surface area contributed by atoms with Gasteiger partial charge < -0.3 is 62.7 Å². The number of ether oxygens (including phenoxy) is 1. The van der Waals surface area contributed by atoms with E-state index in [0.29, 0.717) is 42.1 Å². The zero-order chi connectivity index (χ0) is 48.1. The van der Waals surface area contributed by atoms with Gasteiger partial charge in [-0.2, -0.15) is 10.2 Å². The Kier molecular flexibility index (Phi) is 21.0. The number of unbranched alkanes of at least 4 members (excludes halogenated alkanes) is 1. The fourth-order valence-electron chi connectivity index (χ4n) is 6.02. The number of anilines is 1. The van der Waals surface area contributed by atoms with Crippen molar-refractivity contribution in [1.29, 1.82) is 0 Å². The van der Waals surface area contributed by atoms with Crippen LogP contribution in [0.15, 0.2) is 71.3 Å². The van der Waals surface area contributed by atoms with Crippen LogP contribution in [-0.2, 0) is 44.7 Å². The average Bonchev–Trinajstić information content (AvgIpc) is 3.78. The second-order valence-corrected chi connectivity index (χ2v) is 14.5. The number of aromatic nitrogens is 2. The number of carboxylic acids is 2. The topological polar surface area (TPSA) is 389 Å². The molecule has 25 nitrogen and oxygen atoms in total. The Morgan fingerprint density at radius 3 is 1.95 bits per heavy atom. The third-order valence-electron chi connectivity index (χ3n) is 9.51. The molecule has 1 aromatic heterocycles. The number of esters is 1. The Bertz CT molecular complexity index is 2100. The molecule has 2 aromatic carbocycles. The number of nitrogens with one attached hydrogen (secondary N) is 5. The molecule has 3 aromatic rings. The Morgan fingerprint density at radius 1 is 0.846 bits per heavy atom. The highest BCUT2D eigenvalue weighted by Gasteiger charge is 2.35. The van der Waals surface area contributed by atoms with Gasteiger partial charge in [-0.15, -0.1) is 0 Å². The van der Waals surface area contributed by atoms with Crippen molar-refractivity contribution < 1.29 is 58.5 Å². The summed E-state index contributed by atoms with van der Waals surface area (Å²) in [5.74, 6) is -8.45. The van der Waals surface area contributed by atoms with Crippen LogP contribution in [0.2, 0.25) is 0 Å². The van der Waals surface area contributed by atoms with Gasteiger partial charge in [-0.05, 0) is 76.1 Å². The lowest BCUT2D eigenvalue weighted by Gasteiger charge is -2.27. The summed E-state index contributed by atoms with van der Waals surface area (Å²) in [5.41, 5.74) is 13.6. The Morgan fingerprint density at radius 2 is 1.42 bits per heavy atom. The third kappa shape index (κ3) is 17.7. The second kappa shape index (κ2) is 26.3. The number of hydrogen-bond donors (Lipinski definition) is 10. The van der Waals surface area contributed by atoms with Gasteiger partial charge in [0, 0.05) is 42.7 Å². The molecule has 0 fully saturated rings. The van der Waals surface area contributed by atoms with Crippen molar-refractivity contribution in [1.82, 2.24) is 31.2 Å². The van der Waals surface area contributed by atoms with Crippen LogP contribution in [0.25, 0.3) is 0 Å². The van der Waals surface area contributed by atoms with Crippen LogP contribution in [0.3, 0.4) is 0 Å². The average molecular weight is 911 g/mol. The molecule has 12 N–H and O–H groups in total. The first-order valence-corrected chi connectivity index (χ1v) is 20.4. The first-order chi connectivity index (χ1) is 30.9. The van der Waals surface area contributed by atoms with Gasteiger partial charge in [0.15, 0.2) is 0 Å². The van der Waals surface area contributed by atoms with Crippen molar-refractivity contribution in [3.05, 3.63) is 76.9 Å². The van der Waals surface area contributed by atoms with E-state index in [1.807, 2.05) is 6.92 Å². The number of H-pyrrole nitrogens is 1. The summed E-state index contributed by atoms with van der Waals surface area (Å²) >= 11 is 0. The van der Waals surface area contributed by atoms with E-state index < -0.39 is 95.6 Å². The summed E-state index contributed by atoms with van der Waals surface area (Å²) in [6.45, 7) is 3.49. The molecule has 0 radical (unpaired) electrons. The summed E-state index contributed by atoms with van der Waals surface area (Å²) in [6.07, 6.45) is 0.130. The minimum atomic E-state index is -1.95. The molecule has 1 heterocycles. The largest absolute Gasteiger partial charge is 0.481 e. The van der Waals surface area contributed by atoms with Crippen molar-refractivity contribution in [2.75, 3.05) is 31.1 Å². The summed E-state index contributed by atoms with van der Waals surface area (Å²) in [4.78, 5) is 109. The molecule has 0 aliphatic heterocycles. The SMILES string of the molecule is CCN(CCOC(=O)[C@H](CC(=O)O)NC(=O)[C@H](CC(=O)O)NC(=O)[C@@H](NC(=O)[C@H](CCCCN)NC(=O)[C@@H](N)Cc1cnc[nH]1)[C@@H](C)O)c1ccc(N=Nc2ccc([N+](=O)[O-])cc2)cc1. The van der Waals surface area contributed by atoms with Gasteiger partial charge >= 0.3 is 17.9 Å². The molecule has 0 unspecified atom stereocenters. The van der Waals surface area contributed by atoms with Gasteiger partial charge in [0.1, 0.15) is 30.8 Å². The van der Waals surface area contributed by atoms with Crippen molar-refractivity contribution in [2.45, 2.75) is 88.7 Å². The van der Waals surface area contributed by atoms with Crippen molar-refractivity contribution in [3.63, 3.8) is 0 Å². The second-order valence-electron chi connectivity index (χ2n) is 14.5. The van der Waals surface area contributed by atoms with Gasteiger partial charge in [-0.25, -0.2) is 9.78 Å². The van der Waals surface area contributed by atoms with Gasteiger partial charge in [0.2, 0.25) is 23.6 Å². The Hall–Kier alpha value is -7.38. The molecular formula is C40H54N12O13. The van der Waals surface area contributed by atoms with Crippen molar-refractivity contribution >= 4 is 64.3 Å². The predicted octanol–water partition coefficient (Wildman–Crippen LogP) is 0.0712. The number of benzene rings is 2. The summed E-state index contributed by atoms with van der Waals surface area (Å²) < 4.78 is 5.31. The smallest absolute Gasteiger partial charge is 0.329 e. The highest BCUT2D eigenvalue weighted by atomic mass is 16.6. The lowest BCUT2D eigenvalue weighted by atomic mass is 10.0. The number of rotatable bonds is 28. The number of carbonyl (C=O) groups is 7. The molecule has 0 saturated heterocycles. The normalized spacial score (nSPS) is 13.9. The molecular weight excluding hydrogens is 857 g/mol. The van der Waals surface area contributed by atoms with E-state index in [9.17, 15) is 59.0 Å². The van der Waals surface area contributed by atoms with Crippen LogP contribution in [0, 0.1) is 10.1 Å². The van der Waals surface area contributed by atoms with Crippen LogP contribution < -0.4 is 37.6 Å². The maximum Gasteiger partial charge on any atom is 0.329 e. The van der Waals surface area contributed by atoms with Crippen molar-refractivity contribution in [3.8, 4) is 0 Å². The molecule has 0 aliphatic rings. The number of likely N-dealkylation sites (N-methyl/N-ethyl adjacent to an activating group) is 1. The fraction of sp³-hybridized carbons (Fsp3) is 0.450. The molecule has 25 heteroatoms. The lowest BCUT2D eigenvalue weighted by molar-refractivity contribution is -0.384. The number of nitrogens with two attached hydrogens (primary N) is 2. The number of nitro groups is 1. The third-order valence-corrected chi connectivity index (χ3v) is 9.51. The molecule has 65 heavy (non-hydrogen) atoms. The summed E-state index contributed by atoms with van der Waals surface area (Å²) in [6, 6.07) is 4.29. The standard InChI is InChI=1S/C40H54N12O13/c1-3-51(27-11-7-24(8-12-27)49-50-25-9-13-28(14-10-25)52(63)64)16-17-65-40(62)32(20-34(56)57)47-38(60)31(19-33(54)55)46-39(61)35(23(2)53)48-37(59)30(6-4-5-15-41)45-36(58)29(42)18-26-21-43-22-44-26/h7-14,21-23,29-32,35,53H,3-6,15-20,41-42H2,1-2H3,(H,43,44)(H,45,58)(H,46,61)(H,47,60)(H,48,59)(H,54,55)(H,56,57)/t23-,29+,30+,31+,32+,35+/m1/s1. The van der Waals surface area contributed by atoms with Crippen LogP contribution in [0.1, 0.15) is 51.6 Å². The van der Waals surface area contributed by atoms with Gasteiger partial charge in [-0.3, -0.25) is 38.9 Å². The number of amides is 4. The van der Waals surface area contributed by atoms with Gasteiger partial charge in [-0.1, -0.05) is 0 Å². The number of nitro benzene ring substituents is 1. The number of aliphatic hydroxyl groups is 1. The minimum absolute atomic E-state index is 0.0526. The number of hydrogen-bond acceptors (Lipinski definition) is 17. The van der Waals surface area contributed by atoms with E-state index >= 15 is 0 Å². The van der Waals surface area contributed by atoms with E-state index in [4.69, 9.17) is 16.2 Å². The zero-order valence-corrected chi connectivity index (χ0v) is 35.6. The first-order valence-electron chi connectivity index (χ1n) is 20.4. The predicted molar refractivity (Wildman–Crippen MR) is 230 cm³/mol. The molecule has 0 spiro atoms. The molecule has 0 saturated carbocycles. The van der Waals surface area contributed by atoms with E-state index in [1.54, 1.807) is 29.2 Å². The van der Waals surface area contributed by atoms with E-state index in [0.717, 1.165) is 6.92 Å². The van der Waals surface area contributed by atoms with E-state index in [1.165, 1.54) is 36.8 Å². The first kappa shape index (κ1) is 52.0. The van der Waals surface area contributed by atoms with Gasteiger partial charge in [0.05, 0.1) is 54.2 Å². The van der Waals surface area contributed by atoms with Crippen LogP contribution >= 0.6 is 0 Å². The highest BCUT2D eigenvalue weighted by Crippen LogP contribution is 2.24. The zero-order valence-electron chi connectivity index (χ0n) is 35.6. The maximum atomic E-state index is 13.5. The quantitative estimate of drug-likeness (QED) is 0.0151. The van der Waals surface area contributed by atoms with E-state index in [-0.39, 0.29) is 38.2 Å². The summed E-state index contributed by atoms with van der Waals surface area (Å²) in [5, 5.41) is 57.8. The number of carbonyl (C=O) groups excluding carboxylic acids is 5. The van der Waals surface area contributed by atoms with Crippen LogP contribution in [-0.4, -0.2) is 134 Å². The number of imidazole rings is 1. The summed E-state index contributed by atoms with van der Waals surface area (Å²) in [7, 11) is 0. The number of carboxylic acid groups (broad SMARTS) is 2. The minimum Gasteiger partial charge on any atom is -0.481 e. The molecule has 3 rings (SSSR count).